The summed E-state index contributed by atoms with van der Waals surface area (Å²) >= 11 is 0. The van der Waals surface area contributed by atoms with Crippen LogP contribution in [0.2, 0.25) is 0 Å². The molecule has 1 N–H and O–H groups in total. The first kappa shape index (κ1) is 11.8. The van der Waals surface area contributed by atoms with E-state index < -0.39 is 30.6 Å². The van der Waals surface area contributed by atoms with Crippen molar-refractivity contribution in [2.75, 3.05) is 13.1 Å². The Labute approximate surface area is 84.4 Å². The highest BCUT2D eigenvalue weighted by Gasteiger charge is 2.40. The molecule has 0 spiro atoms. The molecule has 0 saturated carbocycles. The number of hydrogen-bond donors (Lipinski definition) is 1. The Kier molecular flexibility index (Phi) is 3.21. The van der Waals surface area contributed by atoms with Crippen molar-refractivity contribution in [2.45, 2.75) is 19.5 Å². The van der Waals surface area contributed by atoms with Crippen LogP contribution in [0.4, 0.5) is 18.0 Å². The molecule has 1 heterocycles. The quantitative estimate of drug-likeness (QED) is 0.764. The molecule has 1 rings (SSSR count). The molecule has 0 aromatic carbocycles. The molecule has 7 heteroatoms. The highest BCUT2D eigenvalue weighted by Crippen LogP contribution is 2.20. The second-order valence-electron chi connectivity index (χ2n) is 3.33. The van der Waals surface area contributed by atoms with Crippen LogP contribution in [0.25, 0.3) is 0 Å². The van der Waals surface area contributed by atoms with E-state index >= 15 is 0 Å². The number of carbonyl (C=O) groups is 2. The van der Waals surface area contributed by atoms with Gasteiger partial charge in [0.1, 0.15) is 6.54 Å². The van der Waals surface area contributed by atoms with E-state index in [1.807, 2.05) is 0 Å². The minimum Gasteiger partial charge on any atom is -0.337 e. The Balaban J connectivity index is 2.75. The number of nitrogens with zero attached hydrogens (tertiary/aromatic N) is 1. The minimum absolute atomic E-state index is 0.114. The van der Waals surface area contributed by atoms with Gasteiger partial charge in [0, 0.05) is 6.54 Å². The van der Waals surface area contributed by atoms with Crippen LogP contribution in [0.15, 0.2) is 0 Å². The van der Waals surface area contributed by atoms with Crippen molar-refractivity contribution in [1.82, 2.24) is 10.2 Å². The highest BCUT2D eigenvalue weighted by atomic mass is 19.4. The molecule has 1 fully saturated rings. The fourth-order valence-electron chi connectivity index (χ4n) is 1.36. The molecule has 15 heavy (non-hydrogen) atoms. The van der Waals surface area contributed by atoms with Gasteiger partial charge in [0.15, 0.2) is 0 Å². The van der Waals surface area contributed by atoms with Crippen LogP contribution in [0.1, 0.15) is 13.3 Å². The van der Waals surface area contributed by atoms with Crippen LogP contribution < -0.4 is 5.32 Å². The number of imide groups is 1. The summed E-state index contributed by atoms with van der Waals surface area (Å²) in [6, 6.07) is -0.970. The maximum absolute atomic E-state index is 12.0. The van der Waals surface area contributed by atoms with Crippen LogP contribution in [0.5, 0.6) is 0 Å². The Bertz CT molecular complexity index is 278. The summed E-state index contributed by atoms with van der Waals surface area (Å²) in [7, 11) is 0. The average molecular weight is 224 g/mol. The van der Waals surface area contributed by atoms with Crippen LogP contribution in [-0.4, -0.2) is 36.1 Å². The second-order valence-corrected chi connectivity index (χ2v) is 3.33. The zero-order chi connectivity index (χ0) is 11.6. The topological polar surface area (TPSA) is 49.4 Å². The molecule has 0 aliphatic carbocycles. The predicted octanol–water partition coefficient (Wildman–Crippen LogP) is 1.13. The minimum atomic E-state index is -4.55. The number of rotatable bonds is 2. The van der Waals surface area contributed by atoms with Crippen molar-refractivity contribution in [3.05, 3.63) is 0 Å². The Morgan fingerprint density at radius 1 is 1.47 bits per heavy atom. The lowest BCUT2D eigenvalue weighted by Gasteiger charge is -2.31. The third-order valence-electron chi connectivity index (χ3n) is 2.19. The molecule has 1 atom stereocenters. The summed E-state index contributed by atoms with van der Waals surface area (Å²) in [6.45, 7) is 0.280. The van der Waals surface area contributed by atoms with Crippen molar-refractivity contribution >= 4 is 11.9 Å². The van der Waals surface area contributed by atoms with E-state index in [-0.39, 0.29) is 11.4 Å². The molecule has 1 aliphatic heterocycles. The summed E-state index contributed by atoms with van der Waals surface area (Å²) in [5.74, 6) is -1.30. The number of alkyl halides is 3. The molecule has 0 bridgehead atoms. The van der Waals surface area contributed by atoms with Gasteiger partial charge in [-0.3, -0.25) is 9.69 Å². The van der Waals surface area contributed by atoms with E-state index in [0.29, 0.717) is 6.42 Å². The highest BCUT2D eigenvalue weighted by molar-refractivity contribution is 5.98. The summed E-state index contributed by atoms with van der Waals surface area (Å²) in [5, 5.41) is 2.25. The molecule has 1 unspecified atom stereocenters. The number of urea groups is 1. The number of nitrogens with one attached hydrogen (secondary N) is 1. The van der Waals surface area contributed by atoms with Crippen LogP contribution >= 0.6 is 0 Å². The van der Waals surface area contributed by atoms with E-state index in [0.717, 1.165) is 0 Å². The Morgan fingerprint density at radius 3 is 2.53 bits per heavy atom. The van der Waals surface area contributed by atoms with Crippen molar-refractivity contribution in [3.63, 3.8) is 0 Å². The number of hydrogen-bond acceptors (Lipinski definition) is 2. The fourth-order valence-corrected chi connectivity index (χ4v) is 1.36. The van der Waals surface area contributed by atoms with Gasteiger partial charge in [-0.05, 0) is 6.42 Å². The summed E-state index contributed by atoms with van der Waals surface area (Å²) in [6.07, 6.45) is -4.14. The van der Waals surface area contributed by atoms with Crippen LogP contribution in [0, 0.1) is 5.92 Å². The first-order chi connectivity index (χ1) is 6.85. The second kappa shape index (κ2) is 4.08. The van der Waals surface area contributed by atoms with Gasteiger partial charge in [-0.25, -0.2) is 4.79 Å². The molecular weight excluding hydrogens is 213 g/mol. The molecule has 4 nitrogen and oxygen atoms in total. The number of carbonyl (C=O) groups excluding carboxylic acids is 2. The van der Waals surface area contributed by atoms with Gasteiger partial charge in [-0.15, -0.1) is 0 Å². The third-order valence-corrected chi connectivity index (χ3v) is 2.19. The lowest BCUT2D eigenvalue weighted by atomic mass is 10.0. The summed E-state index contributed by atoms with van der Waals surface area (Å²) < 4.78 is 36.1. The maximum Gasteiger partial charge on any atom is 0.406 e. The van der Waals surface area contributed by atoms with E-state index in [1.54, 1.807) is 6.92 Å². The number of halogens is 3. The first-order valence-corrected chi connectivity index (χ1v) is 4.51. The van der Waals surface area contributed by atoms with E-state index in [9.17, 15) is 22.8 Å². The van der Waals surface area contributed by atoms with Crippen molar-refractivity contribution < 1.29 is 22.8 Å². The molecule has 3 amide bonds. The van der Waals surface area contributed by atoms with Crippen molar-refractivity contribution in [3.8, 4) is 0 Å². The molecule has 1 saturated heterocycles. The average Bonchev–Trinajstić information content (AvgIpc) is 2.11. The standard InChI is InChI=1S/C8H11F3N2O2/c1-2-5-3-12-7(15)13(6(5)14)4-8(9,10)11/h5H,2-4H2,1H3,(H,12,15). The maximum atomic E-state index is 12.0. The van der Waals surface area contributed by atoms with Gasteiger partial charge in [0.25, 0.3) is 0 Å². The van der Waals surface area contributed by atoms with Gasteiger partial charge < -0.3 is 5.32 Å². The zero-order valence-electron chi connectivity index (χ0n) is 8.10. The van der Waals surface area contributed by atoms with Crippen molar-refractivity contribution in [1.29, 1.82) is 0 Å². The summed E-state index contributed by atoms with van der Waals surface area (Å²) in [4.78, 5) is 22.7. The lowest BCUT2D eigenvalue weighted by molar-refractivity contribution is -0.159. The molecule has 0 radical (unpaired) electrons. The lowest BCUT2D eigenvalue weighted by Crippen LogP contribution is -2.56. The van der Waals surface area contributed by atoms with Gasteiger partial charge in [0.05, 0.1) is 5.92 Å². The van der Waals surface area contributed by atoms with Crippen molar-refractivity contribution in [2.24, 2.45) is 5.92 Å². The van der Waals surface area contributed by atoms with E-state index in [4.69, 9.17) is 0 Å². The molecule has 86 valence electrons. The Morgan fingerprint density at radius 2 is 2.07 bits per heavy atom. The summed E-state index contributed by atoms with van der Waals surface area (Å²) in [5.41, 5.74) is 0. The monoisotopic (exact) mass is 224 g/mol. The molecule has 0 aromatic heterocycles. The third kappa shape index (κ3) is 2.84. The van der Waals surface area contributed by atoms with E-state index in [2.05, 4.69) is 5.32 Å². The smallest absolute Gasteiger partial charge is 0.337 e. The van der Waals surface area contributed by atoms with Crippen LogP contribution in [-0.2, 0) is 4.79 Å². The van der Waals surface area contributed by atoms with Gasteiger partial charge >= 0.3 is 12.2 Å². The largest absolute Gasteiger partial charge is 0.406 e. The van der Waals surface area contributed by atoms with Crippen LogP contribution in [0.3, 0.4) is 0 Å². The van der Waals surface area contributed by atoms with Gasteiger partial charge in [0.2, 0.25) is 5.91 Å². The molecule has 0 aromatic rings. The zero-order valence-corrected chi connectivity index (χ0v) is 8.10. The first-order valence-electron chi connectivity index (χ1n) is 4.51. The normalized spacial score (nSPS) is 22.9. The SMILES string of the molecule is CCC1CNC(=O)N(CC(F)(F)F)C1=O. The van der Waals surface area contributed by atoms with Gasteiger partial charge in [-0.1, -0.05) is 6.92 Å². The van der Waals surface area contributed by atoms with E-state index in [1.165, 1.54) is 0 Å². The predicted molar refractivity (Wildman–Crippen MR) is 44.9 cm³/mol. The number of amides is 3. The van der Waals surface area contributed by atoms with Gasteiger partial charge in [-0.2, -0.15) is 13.2 Å². The fraction of sp³-hybridized carbons (Fsp3) is 0.750. The Hall–Kier alpha value is -1.27. The molecule has 1 aliphatic rings. The molecular formula is C8H11F3N2O2.